The first-order valence-corrected chi connectivity index (χ1v) is 4.38. The van der Waals surface area contributed by atoms with Crippen molar-refractivity contribution in [3.8, 4) is 17.1 Å². The first kappa shape index (κ1) is 10.9. The number of aromatic hydroxyl groups is 1. The lowest BCUT2D eigenvalue weighted by Crippen LogP contribution is -1.93. The van der Waals surface area contributed by atoms with Crippen LogP contribution >= 0.6 is 0 Å². The van der Waals surface area contributed by atoms with Gasteiger partial charge in [-0.15, -0.1) is 0 Å². The monoisotopic (exact) mass is 239 g/mol. The van der Waals surface area contributed by atoms with E-state index in [0.717, 1.165) is 6.07 Å². The minimum atomic E-state index is -1.14. The Hall–Kier alpha value is -2.64. The van der Waals surface area contributed by atoms with Gasteiger partial charge in [0.2, 0.25) is 5.82 Å². The van der Waals surface area contributed by atoms with Crippen LogP contribution in [-0.2, 0) is 0 Å². The van der Waals surface area contributed by atoms with E-state index in [4.69, 9.17) is 10.3 Å². The normalized spacial score (nSPS) is 10.4. The summed E-state index contributed by atoms with van der Waals surface area (Å²) >= 11 is 0. The number of nitro groups is 1. The number of halogens is 1. The van der Waals surface area contributed by atoms with Crippen molar-refractivity contribution in [2.75, 3.05) is 5.73 Å². The second-order valence-corrected chi connectivity index (χ2v) is 3.19. The highest BCUT2D eigenvalue weighted by atomic mass is 19.1. The van der Waals surface area contributed by atoms with E-state index in [1.807, 2.05) is 0 Å². The maximum Gasteiger partial charge on any atom is 0.305 e. The second-order valence-electron chi connectivity index (χ2n) is 3.19. The molecule has 1 aromatic heterocycles. The summed E-state index contributed by atoms with van der Waals surface area (Å²) in [6.07, 6.45) is 0. The van der Waals surface area contributed by atoms with Crippen LogP contribution in [0.1, 0.15) is 0 Å². The molecule has 7 nitrogen and oxygen atoms in total. The molecule has 8 heteroatoms. The van der Waals surface area contributed by atoms with E-state index >= 15 is 0 Å². The molecule has 0 saturated carbocycles. The number of phenols is 1. The summed E-state index contributed by atoms with van der Waals surface area (Å²) in [6.45, 7) is 0. The van der Waals surface area contributed by atoms with Gasteiger partial charge < -0.3 is 15.4 Å². The molecule has 0 saturated heterocycles. The van der Waals surface area contributed by atoms with Crippen LogP contribution in [0.15, 0.2) is 22.7 Å². The third-order valence-corrected chi connectivity index (χ3v) is 2.06. The van der Waals surface area contributed by atoms with Crippen LogP contribution in [-0.4, -0.2) is 15.2 Å². The molecule has 17 heavy (non-hydrogen) atoms. The zero-order chi connectivity index (χ0) is 12.6. The molecule has 0 aliphatic rings. The number of rotatable bonds is 2. The van der Waals surface area contributed by atoms with Gasteiger partial charge >= 0.3 is 5.69 Å². The van der Waals surface area contributed by atoms with Crippen LogP contribution in [0.2, 0.25) is 0 Å². The summed E-state index contributed by atoms with van der Waals surface area (Å²) in [5, 5.41) is 23.4. The minimum absolute atomic E-state index is 0.0168. The Morgan fingerprint density at radius 1 is 1.47 bits per heavy atom. The Labute approximate surface area is 93.4 Å². The lowest BCUT2D eigenvalue weighted by Gasteiger charge is -2.01. The standard InChI is InChI=1S/C9H6FN3O4/c10-5-2-7(14)4(1-6(5)13(15)16)8-3-9(11)12-17-8/h1-3,14H,(H2,11,12). The van der Waals surface area contributed by atoms with Gasteiger partial charge in [-0.05, 0) is 0 Å². The maximum atomic E-state index is 13.1. The molecule has 0 aliphatic carbocycles. The highest BCUT2D eigenvalue weighted by Gasteiger charge is 2.20. The molecule has 0 fully saturated rings. The van der Waals surface area contributed by atoms with Crippen molar-refractivity contribution in [1.29, 1.82) is 0 Å². The number of nitro benzene ring substituents is 1. The fourth-order valence-electron chi connectivity index (χ4n) is 1.30. The van der Waals surface area contributed by atoms with Gasteiger partial charge in [-0.1, -0.05) is 5.16 Å². The lowest BCUT2D eigenvalue weighted by molar-refractivity contribution is -0.387. The van der Waals surface area contributed by atoms with E-state index in [1.165, 1.54) is 6.07 Å². The molecule has 0 amide bonds. The van der Waals surface area contributed by atoms with Crippen molar-refractivity contribution in [1.82, 2.24) is 5.16 Å². The summed E-state index contributed by atoms with van der Waals surface area (Å²) in [6, 6.07) is 2.74. The van der Waals surface area contributed by atoms with Crippen molar-refractivity contribution in [3.63, 3.8) is 0 Å². The topological polar surface area (TPSA) is 115 Å². The van der Waals surface area contributed by atoms with Gasteiger partial charge in [-0.2, -0.15) is 4.39 Å². The smallest absolute Gasteiger partial charge is 0.305 e. The Bertz CT molecular complexity index is 596. The van der Waals surface area contributed by atoms with Crippen molar-refractivity contribution >= 4 is 11.5 Å². The van der Waals surface area contributed by atoms with Crippen LogP contribution < -0.4 is 5.73 Å². The number of nitrogen functional groups attached to an aromatic ring is 1. The number of phenolic OH excluding ortho intramolecular Hbond substituents is 1. The van der Waals surface area contributed by atoms with Gasteiger partial charge in [0.05, 0.1) is 10.5 Å². The molecule has 1 heterocycles. The Morgan fingerprint density at radius 3 is 2.71 bits per heavy atom. The van der Waals surface area contributed by atoms with Gasteiger partial charge in [-0.25, -0.2) is 0 Å². The number of aromatic nitrogens is 1. The van der Waals surface area contributed by atoms with Gasteiger partial charge in [-0.3, -0.25) is 10.1 Å². The minimum Gasteiger partial charge on any atom is -0.507 e. The predicted octanol–water partition coefficient (Wildman–Crippen LogP) is 1.68. The average Bonchev–Trinajstić information content (AvgIpc) is 2.64. The highest BCUT2D eigenvalue weighted by Crippen LogP contribution is 2.35. The quantitative estimate of drug-likeness (QED) is 0.608. The Morgan fingerprint density at radius 2 is 2.18 bits per heavy atom. The van der Waals surface area contributed by atoms with Gasteiger partial charge in [0.1, 0.15) is 5.75 Å². The summed E-state index contributed by atoms with van der Waals surface area (Å²) in [5.74, 6) is -1.57. The lowest BCUT2D eigenvalue weighted by atomic mass is 10.1. The van der Waals surface area contributed by atoms with E-state index in [9.17, 15) is 19.6 Å². The molecular weight excluding hydrogens is 233 g/mol. The summed E-state index contributed by atoms with van der Waals surface area (Å²) in [4.78, 5) is 9.63. The van der Waals surface area contributed by atoms with E-state index in [-0.39, 0.29) is 17.1 Å². The maximum absolute atomic E-state index is 13.1. The largest absolute Gasteiger partial charge is 0.507 e. The van der Waals surface area contributed by atoms with Gasteiger partial charge in [0.25, 0.3) is 0 Å². The molecule has 2 aromatic rings. The zero-order valence-electron chi connectivity index (χ0n) is 8.25. The highest BCUT2D eigenvalue weighted by molar-refractivity contribution is 5.70. The van der Waals surface area contributed by atoms with E-state index < -0.39 is 22.2 Å². The van der Waals surface area contributed by atoms with Crippen LogP contribution in [0.3, 0.4) is 0 Å². The van der Waals surface area contributed by atoms with E-state index in [1.54, 1.807) is 0 Å². The van der Waals surface area contributed by atoms with Crippen LogP contribution in [0, 0.1) is 15.9 Å². The first-order chi connectivity index (χ1) is 7.99. The third kappa shape index (κ3) is 1.87. The number of anilines is 1. The fraction of sp³-hybridized carbons (Fsp3) is 0. The molecule has 2 rings (SSSR count). The Balaban J connectivity index is 2.62. The molecule has 1 aromatic carbocycles. The second kappa shape index (κ2) is 3.74. The summed E-state index contributed by atoms with van der Waals surface area (Å²) in [5.41, 5.74) is 4.48. The number of hydrogen-bond acceptors (Lipinski definition) is 6. The molecule has 0 atom stereocenters. The van der Waals surface area contributed by atoms with Gasteiger partial charge in [0.15, 0.2) is 11.6 Å². The molecule has 3 N–H and O–H groups in total. The number of benzene rings is 1. The average molecular weight is 239 g/mol. The number of nitrogens with two attached hydrogens (primary N) is 1. The molecule has 88 valence electrons. The van der Waals surface area contributed by atoms with E-state index in [0.29, 0.717) is 6.07 Å². The van der Waals surface area contributed by atoms with Crippen LogP contribution in [0.4, 0.5) is 15.9 Å². The third-order valence-electron chi connectivity index (χ3n) is 2.06. The number of hydrogen-bond donors (Lipinski definition) is 2. The summed E-state index contributed by atoms with van der Waals surface area (Å²) in [7, 11) is 0. The zero-order valence-corrected chi connectivity index (χ0v) is 8.25. The molecule has 0 aliphatic heterocycles. The molecule has 0 radical (unpaired) electrons. The molecule has 0 spiro atoms. The van der Waals surface area contributed by atoms with E-state index in [2.05, 4.69) is 5.16 Å². The van der Waals surface area contributed by atoms with Gasteiger partial charge in [0, 0.05) is 18.2 Å². The van der Waals surface area contributed by atoms with Crippen molar-refractivity contribution < 1.29 is 18.9 Å². The number of nitrogens with zero attached hydrogens (tertiary/aromatic N) is 2. The van der Waals surface area contributed by atoms with Crippen LogP contribution in [0.5, 0.6) is 5.75 Å². The van der Waals surface area contributed by atoms with Crippen molar-refractivity contribution in [3.05, 3.63) is 34.1 Å². The molecule has 0 bridgehead atoms. The SMILES string of the molecule is Nc1cc(-c2cc([N+](=O)[O-])c(F)cc2O)on1. The first-order valence-electron chi connectivity index (χ1n) is 4.38. The van der Waals surface area contributed by atoms with Crippen molar-refractivity contribution in [2.24, 2.45) is 0 Å². The predicted molar refractivity (Wildman–Crippen MR) is 54.6 cm³/mol. The van der Waals surface area contributed by atoms with Crippen molar-refractivity contribution in [2.45, 2.75) is 0 Å². The molecule has 0 unspecified atom stereocenters. The van der Waals surface area contributed by atoms with Crippen LogP contribution in [0.25, 0.3) is 11.3 Å². The summed E-state index contributed by atoms with van der Waals surface area (Å²) < 4.78 is 17.9. The Kier molecular flexibility index (Phi) is 2.39. The fourth-order valence-corrected chi connectivity index (χ4v) is 1.30. The molecular formula is C9H6FN3O4.